The summed E-state index contributed by atoms with van der Waals surface area (Å²) in [6.07, 6.45) is 9.77. The van der Waals surface area contributed by atoms with Gasteiger partial charge in [-0.2, -0.15) is 0 Å². The summed E-state index contributed by atoms with van der Waals surface area (Å²) in [5.41, 5.74) is 6.01. The molecule has 2 unspecified atom stereocenters. The van der Waals surface area contributed by atoms with Gasteiger partial charge in [-0.15, -0.1) is 0 Å². The van der Waals surface area contributed by atoms with Gasteiger partial charge < -0.3 is 24.5 Å². The smallest absolute Gasteiger partial charge is 0.149 e. The third-order valence-electron chi connectivity index (χ3n) is 14.0. The lowest BCUT2D eigenvalue weighted by atomic mass is 9.40. The average Bonchev–Trinajstić information content (AvgIpc) is 3.62. The second-order valence-electron chi connectivity index (χ2n) is 17.1. The molecule has 8 atom stereocenters. The van der Waals surface area contributed by atoms with Crippen molar-refractivity contribution in [1.82, 2.24) is 4.40 Å². The minimum absolute atomic E-state index is 0.167. The Bertz CT molecular complexity index is 1920. The first-order valence-corrected chi connectivity index (χ1v) is 17.2. The highest BCUT2D eigenvalue weighted by molar-refractivity contribution is 6.11. The zero-order valence-electron chi connectivity index (χ0n) is 28.6. The van der Waals surface area contributed by atoms with E-state index in [0.717, 1.165) is 76.2 Å². The van der Waals surface area contributed by atoms with Gasteiger partial charge in [0.1, 0.15) is 12.0 Å². The van der Waals surface area contributed by atoms with Crippen LogP contribution in [0.1, 0.15) is 115 Å². The molecule has 3 heterocycles. The SMILES string of the molecule is C=C(C)c1c(O)c2c3c(cc4c5c(n1c42)[C@@]1(C)C(CC[C@H]2[C@](C)(C=CC=O)[C@@H](O)CC[C@@]21C)C5)C1=CC(C)(C)OC(C)(C)C1[C@@H]3O. The van der Waals surface area contributed by atoms with E-state index < -0.39 is 28.8 Å². The van der Waals surface area contributed by atoms with Gasteiger partial charge in [-0.05, 0) is 124 Å². The number of ether oxygens (including phenoxy) is 1. The number of allylic oxidation sites excluding steroid dienone is 2. The number of rotatable bonds is 3. The van der Waals surface area contributed by atoms with E-state index in [1.807, 2.05) is 13.0 Å². The van der Waals surface area contributed by atoms with Crippen LogP contribution < -0.4 is 0 Å². The van der Waals surface area contributed by atoms with Gasteiger partial charge in [-0.1, -0.05) is 33.4 Å². The van der Waals surface area contributed by atoms with Crippen LogP contribution in [-0.4, -0.2) is 43.3 Å². The van der Waals surface area contributed by atoms with Crippen molar-refractivity contribution in [2.24, 2.45) is 28.6 Å². The van der Waals surface area contributed by atoms with Crippen LogP contribution >= 0.6 is 0 Å². The maximum Gasteiger partial charge on any atom is 0.149 e. The van der Waals surface area contributed by atoms with Crippen LogP contribution in [0.2, 0.25) is 0 Å². The molecule has 5 aliphatic rings. The predicted octanol–water partition coefficient (Wildman–Crippen LogP) is 7.67. The van der Waals surface area contributed by atoms with Crippen LogP contribution in [0, 0.1) is 28.6 Å². The predicted molar refractivity (Wildman–Crippen MR) is 182 cm³/mol. The maximum absolute atomic E-state index is 12.2. The largest absolute Gasteiger partial charge is 0.505 e. The van der Waals surface area contributed by atoms with Gasteiger partial charge >= 0.3 is 0 Å². The first-order chi connectivity index (χ1) is 21.4. The minimum Gasteiger partial charge on any atom is -0.505 e. The Kier molecular flexibility index (Phi) is 5.91. The normalized spacial score (nSPS) is 38.8. The summed E-state index contributed by atoms with van der Waals surface area (Å²) < 4.78 is 8.84. The number of aliphatic hydroxyl groups excluding tert-OH is 2. The second kappa shape index (κ2) is 8.94. The highest BCUT2D eigenvalue weighted by Crippen LogP contribution is 2.71. The van der Waals surface area contributed by atoms with E-state index in [0.29, 0.717) is 12.3 Å². The van der Waals surface area contributed by atoms with Crippen LogP contribution in [-0.2, 0) is 21.4 Å². The van der Waals surface area contributed by atoms with Crippen LogP contribution in [0.4, 0.5) is 0 Å². The van der Waals surface area contributed by atoms with Gasteiger partial charge in [0.05, 0.1) is 34.6 Å². The van der Waals surface area contributed by atoms with E-state index in [9.17, 15) is 20.1 Å². The van der Waals surface area contributed by atoms with Crippen molar-refractivity contribution >= 4 is 33.7 Å². The number of carbonyl (C=O) groups is 1. The highest BCUT2D eigenvalue weighted by Gasteiger charge is 2.67. The molecule has 46 heavy (non-hydrogen) atoms. The molecule has 3 aromatic rings. The molecular weight excluding hydrogens is 574 g/mol. The first kappa shape index (κ1) is 30.4. The Morgan fingerprint density at radius 2 is 1.80 bits per heavy atom. The number of hydrogen-bond acceptors (Lipinski definition) is 5. The molecule has 4 aliphatic carbocycles. The molecule has 3 N–H and O–H groups in total. The van der Waals surface area contributed by atoms with Crippen molar-refractivity contribution in [3.05, 3.63) is 59.0 Å². The number of aromatic hydroxyl groups is 1. The molecule has 8 rings (SSSR count). The molecule has 0 spiro atoms. The van der Waals surface area contributed by atoms with Gasteiger partial charge in [-0.3, -0.25) is 4.79 Å². The molecule has 0 bridgehead atoms. The second-order valence-corrected chi connectivity index (χ2v) is 17.1. The summed E-state index contributed by atoms with van der Waals surface area (Å²) in [6.45, 7) is 21.6. The van der Waals surface area contributed by atoms with E-state index in [1.54, 1.807) is 6.08 Å². The summed E-state index contributed by atoms with van der Waals surface area (Å²) in [4.78, 5) is 11.5. The fourth-order valence-corrected chi connectivity index (χ4v) is 12.2. The molecule has 1 aromatic carbocycles. The highest BCUT2D eigenvalue weighted by atomic mass is 16.5. The Morgan fingerprint density at radius 3 is 2.48 bits per heavy atom. The fourth-order valence-electron chi connectivity index (χ4n) is 12.2. The summed E-state index contributed by atoms with van der Waals surface area (Å²) in [5.74, 6) is 0.540. The number of fused-ring (bicyclic) bond motifs is 11. The molecular formula is C40H49NO5. The zero-order valence-corrected chi connectivity index (χ0v) is 28.6. The summed E-state index contributed by atoms with van der Waals surface area (Å²) in [5, 5.41) is 37.7. The van der Waals surface area contributed by atoms with E-state index >= 15 is 0 Å². The Hall–Kier alpha value is -2.93. The van der Waals surface area contributed by atoms with Gasteiger partial charge in [0.25, 0.3) is 0 Å². The van der Waals surface area contributed by atoms with Gasteiger partial charge in [0.2, 0.25) is 0 Å². The number of benzene rings is 1. The lowest BCUT2D eigenvalue weighted by Gasteiger charge is -2.64. The molecule has 2 aromatic heterocycles. The summed E-state index contributed by atoms with van der Waals surface area (Å²) >= 11 is 0. The fraction of sp³-hybridized carbons (Fsp3) is 0.575. The Labute approximate surface area is 272 Å². The van der Waals surface area contributed by atoms with Crippen LogP contribution in [0.25, 0.3) is 27.4 Å². The van der Waals surface area contributed by atoms with E-state index in [4.69, 9.17) is 4.74 Å². The van der Waals surface area contributed by atoms with E-state index in [2.05, 4.69) is 71.6 Å². The van der Waals surface area contributed by atoms with Crippen LogP contribution in [0.5, 0.6) is 5.75 Å². The topological polar surface area (TPSA) is 91.4 Å². The number of aromatic nitrogens is 1. The average molecular weight is 624 g/mol. The Balaban J connectivity index is 1.45. The molecule has 0 amide bonds. The lowest BCUT2D eigenvalue weighted by Crippen LogP contribution is -2.62. The van der Waals surface area contributed by atoms with Gasteiger partial charge in [-0.25, -0.2) is 0 Å². The van der Waals surface area contributed by atoms with Crippen molar-refractivity contribution in [2.75, 3.05) is 0 Å². The zero-order chi connectivity index (χ0) is 33.1. The van der Waals surface area contributed by atoms with Crippen LogP contribution in [0.15, 0.2) is 30.9 Å². The lowest BCUT2D eigenvalue weighted by molar-refractivity contribution is -0.144. The standard InChI is InChI=1S/C40H49NO5/c1-20(2)31-34(45)29-28-22(25-19-36(3,4)46-37(5,6)30(25)33(28)44)18-23-24-17-21-11-12-26-38(7,14-10-16-42)27(43)13-15-39(26,8)40(21,9)35(24)41(31)32(23)29/h10,14,16,18-19,21,26-27,30,33,43-45H,1,11-13,15,17H2,2-9H3/t21?,26-,27-,30?,33+,38-,39-,40+/m0/s1. The molecule has 6 nitrogen and oxygen atoms in total. The molecule has 244 valence electrons. The van der Waals surface area contributed by atoms with Crippen molar-refractivity contribution in [1.29, 1.82) is 0 Å². The summed E-state index contributed by atoms with van der Waals surface area (Å²) in [6, 6.07) is 2.31. The minimum atomic E-state index is -0.818. The number of carbonyl (C=O) groups excluding carboxylic acids is 1. The van der Waals surface area contributed by atoms with Crippen molar-refractivity contribution in [2.45, 2.75) is 116 Å². The van der Waals surface area contributed by atoms with E-state index in [-0.39, 0.29) is 28.4 Å². The molecule has 1 aliphatic heterocycles. The molecule has 0 saturated heterocycles. The third-order valence-corrected chi connectivity index (χ3v) is 14.0. The third kappa shape index (κ3) is 3.31. The van der Waals surface area contributed by atoms with Gasteiger partial charge in [0, 0.05) is 38.8 Å². The molecule has 2 saturated carbocycles. The number of aliphatic hydroxyl groups is 2. The van der Waals surface area contributed by atoms with Crippen molar-refractivity contribution < 1.29 is 24.9 Å². The summed E-state index contributed by atoms with van der Waals surface area (Å²) in [7, 11) is 0. The monoisotopic (exact) mass is 623 g/mol. The Morgan fingerprint density at radius 1 is 1.09 bits per heavy atom. The van der Waals surface area contributed by atoms with Crippen molar-refractivity contribution in [3.63, 3.8) is 0 Å². The number of nitrogens with zero attached hydrogens (tertiary/aromatic N) is 1. The molecule has 6 heteroatoms. The number of hydrogen-bond donors (Lipinski definition) is 3. The van der Waals surface area contributed by atoms with Gasteiger partial charge in [0.15, 0.2) is 0 Å². The maximum atomic E-state index is 12.2. The molecule has 0 radical (unpaired) electrons. The first-order valence-electron chi connectivity index (χ1n) is 17.2. The van der Waals surface area contributed by atoms with Crippen molar-refractivity contribution in [3.8, 4) is 5.75 Å². The quantitative estimate of drug-likeness (QED) is 0.206. The molecule has 2 fully saturated rings. The number of aldehydes is 1. The van der Waals surface area contributed by atoms with E-state index in [1.165, 1.54) is 11.3 Å². The van der Waals surface area contributed by atoms with Crippen LogP contribution in [0.3, 0.4) is 0 Å².